The van der Waals surface area contributed by atoms with Crippen LogP contribution in [0.4, 0.5) is 0 Å². The van der Waals surface area contributed by atoms with Gasteiger partial charge in [0.2, 0.25) is 15.9 Å². The fraction of sp³-hybridized carbons (Fsp3) is 0.409. The number of nitrogens with zero attached hydrogens (tertiary/aromatic N) is 2. The van der Waals surface area contributed by atoms with E-state index in [1.165, 1.54) is 5.56 Å². The van der Waals surface area contributed by atoms with Crippen molar-refractivity contribution in [1.29, 1.82) is 0 Å². The second-order valence-corrected chi connectivity index (χ2v) is 9.40. The van der Waals surface area contributed by atoms with Gasteiger partial charge in [-0.25, -0.2) is 8.42 Å². The van der Waals surface area contributed by atoms with Crippen molar-refractivity contribution in [2.24, 2.45) is 0 Å². The number of carbonyl (C=O) groups excluding carboxylic acids is 1. The number of sulfonamides is 1. The molecule has 2 aromatic rings. The summed E-state index contributed by atoms with van der Waals surface area (Å²) < 4.78 is 26.7. The standard InChI is InChI=1S/C22H29N3O3S.ClH/c26-22(12-11-20-7-3-1-4-8-20)23-13-18-29(27,28)25-16-14-24(15-17-25)19-21-9-5-2-6-10-21;/h1-10H,11-19H2,(H,23,26);1H. The van der Waals surface area contributed by atoms with Crippen molar-refractivity contribution in [3.63, 3.8) is 0 Å². The number of rotatable bonds is 9. The minimum Gasteiger partial charge on any atom is -0.355 e. The zero-order chi connectivity index (χ0) is 20.5. The van der Waals surface area contributed by atoms with Gasteiger partial charge in [-0.2, -0.15) is 4.31 Å². The topological polar surface area (TPSA) is 69.7 Å². The van der Waals surface area contributed by atoms with Gasteiger partial charge in [-0.1, -0.05) is 60.7 Å². The maximum Gasteiger partial charge on any atom is 0.220 e. The van der Waals surface area contributed by atoms with E-state index in [9.17, 15) is 13.2 Å². The van der Waals surface area contributed by atoms with Crippen molar-refractivity contribution in [2.45, 2.75) is 19.4 Å². The second-order valence-electron chi connectivity index (χ2n) is 7.31. The molecule has 3 rings (SSSR count). The van der Waals surface area contributed by atoms with Crippen molar-refractivity contribution in [2.75, 3.05) is 38.5 Å². The molecule has 0 unspecified atom stereocenters. The predicted molar refractivity (Wildman–Crippen MR) is 122 cm³/mol. The summed E-state index contributed by atoms with van der Waals surface area (Å²) in [4.78, 5) is 14.2. The fourth-order valence-electron chi connectivity index (χ4n) is 3.45. The molecule has 1 amide bonds. The highest BCUT2D eigenvalue weighted by molar-refractivity contribution is 7.89. The number of aryl methyl sites for hydroxylation is 1. The van der Waals surface area contributed by atoms with E-state index < -0.39 is 10.0 Å². The summed E-state index contributed by atoms with van der Waals surface area (Å²) in [6.45, 7) is 3.43. The average molecular weight is 452 g/mol. The first-order chi connectivity index (χ1) is 14.0. The third-order valence-corrected chi connectivity index (χ3v) is 7.01. The number of carbonyl (C=O) groups is 1. The van der Waals surface area contributed by atoms with Crippen LogP contribution < -0.4 is 5.32 Å². The normalized spacial score (nSPS) is 15.3. The molecule has 1 N–H and O–H groups in total. The first kappa shape index (κ1) is 24.3. The predicted octanol–water partition coefficient (Wildman–Crippen LogP) is 2.30. The van der Waals surface area contributed by atoms with E-state index in [1.54, 1.807) is 4.31 Å². The highest BCUT2D eigenvalue weighted by atomic mass is 35.5. The third kappa shape index (κ3) is 7.72. The Morgan fingerprint density at radius 2 is 1.43 bits per heavy atom. The van der Waals surface area contributed by atoms with Crippen molar-refractivity contribution >= 4 is 28.3 Å². The number of hydrogen-bond donors (Lipinski definition) is 1. The van der Waals surface area contributed by atoms with Gasteiger partial charge in [0.05, 0.1) is 5.75 Å². The van der Waals surface area contributed by atoms with E-state index in [-0.39, 0.29) is 30.6 Å². The molecule has 0 saturated carbocycles. The van der Waals surface area contributed by atoms with Gasteiger partial charge in [0.15, 0.2) is 0 Å². The fourth-order valence-corrected chi connectivity index (χ4v) is 4.78. The number of halogens is 1. The minimum atomic E-state index is -3.35. The van der Waals surface area contributed by atoms with E-state index >= 15 is 0 Å². The first-order valence-electron chi connectivity index (χ1n) is 10.1. The van der Waals surface area contributed by atoms with Crippen LogP contribution >= 0.6 is 12.4 Å². The smallest absolute Gasteiger partial charge is 0.220 e. The van der Waals surface area contributed by atoms with Gasteiger partial charge in [0, 0.05) is 45.7 Å². The van der Waals surface area contributed by atoms with E-state index in [1.807, 2.05) is 48.5 Å². The molecule has 0 atom stereocenters. The SMILES string of the molecule is Cl.O=C(CCc1ccccc1)NCCS(=O)(=O)N1CCN(Cc2ccccc2)CC1. The third-order valence-electron chi connectivity index (χ3n) is 5.14. The number of benzene rings is 2. The lowest BCUT2D eigenvalue weighted by Crippen LogP contribution is -2.49. The van der Waals surface area contributed by atoms with Crippen LogP contribution in [-0.4, -0.2) is 62.0 Å². The summed E-state index contributed by atoms with van der Waals surface area (Å²) in [6.07, 6.45) is 1.02. The van der Waals surface area contributed by atoms with Crippen molar-refractivity contribution < 1.29 is 13.2 Å². The molecular weight excluding hydrogens is 422 g/mol. The molecule has 0 aliphatic carbocycles. The van der Waals surface area contributed by atoms with Crippen LogP contribution in [0.3, 0.4) is 0 Å². The molecular formula is C22H30ClN3O3S. The molecule has 0 aromatic heterocycles. The number of hydrogen-bond acceptors (Lipinski definition) is 4. The summed E-state index contributed by atoms with van der Waals surface area (Å²) in [7, 11) is -3.35. The Morgan fingerprint density at radius 1 is 0.867 bits per heavy atom. The van der Waals surface area contributed by atoms with E-state index in [4.69, 9.17) is 0 Å². The van der Waals surface area contributed by atoms with Gasteiger partial charge in [-0.05, 0) is 17.5 Å². The summed E-state index contributed by atoms with van der Waals surface area (Å²) >= 11 is 0. The molecule has 8 heteroatoms. The molecule has 1 aliphatic rings. The lowest BCUT2D eigenvalue weighted by molar-refractivity contribution is -0.120. The second kappa shape index (κ2) is 12.1. The lowest BCUT2D eigenvalue weighted by atomic mass is 10.1. The Kier molecular flexibility index (Phi) is 9.78. The molecule has 1 fully saturated rings. The van der Waals surface area contributed by atoms with Crippen LogP contribution in [0.1, 0.15) is 17.5 Å². The highest BCUT2D eigenvalue weighted by Gasteiger charge is 2.26. The summed E-state index contributed by atoms with van der Waals surface area (Å²) in [5, 5.41) is 2.73. The maximum atomic E-state index is 12.6. The zero-order valence-corrected chi connectivity index (χ0v) is 18.7. The first-order valence-corrected chi connectivity index (χ1v) is 11.7. The Balaban J connectivity index is 0.00000320. The van der Waals surface area contributed by atoms with E-state index in [2.05, 4.69) is 22.3 Å². The Hall–Kier alpha value is -1.93. The monoisotopic (exact) mass is 451 g/mol. The molecule has 2 aromatic carbocycles. The molecule has 1 aliphatic heterocycles. The molecule has 0 radical (unpaired) electrons. The maximum absolute atomic E-state index is 12.6. The average Bonchev–Trinajstić information content (AvgIpc) is 2.74. The number of amides is 1. The highest BCUT2D eigenvalue weighted by Crippen LogP contribution is 2.11. The Bertz CT molecular complexity index is 871. The van der Waals surface area contributed by atoms with Gasteiger partial charge in [0.1, 0.15) is 0 Å². The van der Waals surface area contributed by atoms with Gasteiger partial charge in [0.25, 0.3) is 0 Å². The van der Waals surface area contributed by atoms with Gasteiger partial charge in [-0.3, -0.25) is 9.69 Å². The minimum absolute atomic E-state index is 0. The summed E-state index contributed by atoms with van der Waals surface area (Å²) in [5.41, 5.74) is 2.34. The largest absolute Gasteiger partial charge is 0.355 e. The Morgan fingerprint density at radius 3 is 2.03 bits per heavy atom. The van der Waals surface area contributed by atoms with E-state index in [0.29, 0.717) is 25.9 Å². The van der Waals surface area contributed by atoms with Crippen LogP contribution in [0.5, 0.6) is 0 Å². The number of nitrogens with one attached hydrogen (secondary N) is 1. The van der Waals surface area contributed by atoms with Gasteiger partial charge in [-0.15, -0.1) is 12.4 Å². The van der Waals surface area contributed by atoms with Crippen LogP contribution in [0.15, 0.2) is 60.7 Å². The lowest BCUT2D eigenvalue weighted by Gasteiger charge is -2.34. The summed E-state index contributed by atoms with van der Waals surface area (Å²) in [5.74, 6) is -0.167. The van der Waals surface area contributed by atoms with Crippen molar-refractivity contribution in [3.05, 3.63) is 71.8 Å². The van der Waals surface area contributed by atoms with Crippen LogP contribution in [0.2, 0.25) is 0 Å². The number of piperazine rings is 1. The molecule has 0 spiro atoms. The molecule has 6 nitrogen and oxygen atoms in total. The van der Waals surface area contributed by atoms with Gasteiger partial charge < -0.3 is 5.32 Å². The molecule has 30 heavy (non-hydrogen) atoms. The molecule has 0 bridgehead atoms. The van der Waals surface area contributed by atoms with Crippen LogP contribution in [0.25, 0.3) is 0 Å². The molecule has 164 valence electrons. The van der Waals surface area contributed by atoms with Crippen molar-refractivity contribution in [3.8, 4) is 0 Å². The van der Waals surface area contributed by atoms with E-state index in [0.717, 1.165) is 25.2 Å². The van der Waals surface area contributed by atoms with Crippen LogP contribution in [-0.2, 0) is 27.8 Å². The Labute approximate surface area is 185 Å². The van der Waals surface area contributed by atoms with Crippen LogP contribution in [0, 0.1) is 0 Å². The quantitative estimate of drug-likeness (QED) is 0.635. The summed E-state index contributed by atoms with van der Waals surface area (Å²) in [6, 6.07) is 20.0. The van der Waals surface area contributed by atoms with Gasteiger partial charge >= 0.3 is 0 Å². The molecule has 1 saturated heterocycles. The van der Waals surface area contributed by atoms with Crippen molar-refractivity contribution in [1.82, 2.24) is 14.5 Å². The zero-order valence-electron chi connectivity index (χ0n) is 17.1. The molecule has 1 heterocycles.